The normalized spacial score (nSPS) is 16.5. The summed E-state index contributed by atoms with van der Waals surface area (Å²) < 4.78 is 24.1. The maximum absolute atomic E-state index is 13.7. The zero-order valence-corrected chi connectivity index (χ0v) is 16.4. The van der Waals surface area contributed by atoms with Gasteiger partial charge in [0.15, 0.2) is 28.7 Å². The fraction of sp³-hybridized carbons (Fsp3) is 0.450. The Morgan fingerprint density at radius 3 is 2.93 bits per heavy atom. The largest absolute Gasteiger partial charge is 0.494 e. The molecule has 1 aliphatic heterocycles. The Bertz CT molecular complexity index is 898. The lowest BCUT2D eigenvalue weighted by Crippen LogP contribution is -2.37. The van der Waals surface area contributed by atoms with E-state index in [0.29, 0.717) is 25.1 Å². The molecule has 2 heterocycles. The monoisotopic (exact) mass is 405 g/mol. The molecule has 1 aliphatic rings. The molecule has 1 saturated heterocycles. The lowest BCUT2D eigenvalue weighted by molar-refractivity contribution is -0.120. The minimum atomic E-state index is -1.17. The van der Waals surface area contributed by atoms with E-state index in [4.69, 9.17) is 9.26 Å². The number of carboxylic acids is 1. The van der Waals surface area contributed by atoms with Gasteiger partial charge >= 0.3 is 5.97 Å². The Hall–Kier alpha value is -3.10. The molecule has 0 spiro atoms. The number of hydrogen-bond donors (Lipinski definition) is 2. The Morgan fingerprint density at radius 2 is 2.24 bits per heavy atom. The Labute approximate surface area is 167 Å². The molecule has 29 heavy (non-hydrogen) atoms. The van der Waals surface area contributed by atoms with Crippen molar-refractivity contribution in [2.45, 2.75) is 25.7 Å². The van der Waals surface area contributed by atoms with Gasteiger partial charge in [-0.15, -0.1) is 0 Å². The quantitative estimate of drug-likeness (QED) is 0.730. The lowest BCUT2D eigenvalue weighted by atomic mass is 9.93. The molecule has 1 aromatic carbocycles. The SMILES string of the molecule is CNC(=O)CCC1CCCN(c2noc(-c3ccc(F)c(OC)c3)c2C(=O)O)C1. The van der Waals surface area contributed by atoms with Crippen LogP contribution in [0.5, 0.6) is 5.75 Å². The summed E-state index contributed by atoms with van der Waals surface area (Å²) in [6.07, 6.45) is 2.98. The minimum Gasteiger partial charge on any atom is -0.494 e. The third kappa shape index (κ3) is 4.49. The molecule has 156 valence electrons. The second-order valence-corrected chi connectivity index (χ2v) is 7.03. The number of nitrogens with zero attached hydrogens (tertiary/aromatic N) is 2. The van der Waals surface area contributed by atoms with Gasteiger partial charge in [-0.25, -0.2) is 9.18 Å². The molecule has 2 N–H and O–H groups in total. The van der Waals surface area contributed by atoms with Crippen molar-refractivity contribution in [3.63, 3.8) is 0 Å². The summed E-state index contributed by atoms with van der Waals surface area (Å²) in [7, 11) is 2.94. The molecule has 0 radical (unpaired) electrons. The van der Waals surface area contributed by atoms with Gasteiger partial charge in [-0.05, 0) is 43.4 Å². The van der Waals surface area contributed by atoms with E-state index in [2.05, 4.69) is 10.5 Å². The molecule has 1 aromatic heterocycles. The van der Waals surface area contributed by atoms with E-state index in [0.717, 1.165) is 19.3 Å². The summed E-state index contributed by atoms with van der Waals surface area (Å²) >= 11 is 0. The highest BCUT2D eigenvalue weighted by Gasteiger charge is 2.31. The maximum atomic E-state index is 13.7. The van der Waals surface area contributed by atoms with Crippen LogP contribution in [-0.4, -0.2) is 49.4 Å². The molecular weight excluding hydrogens is 381 g/mol. The van der Waals surface area contributed by atoms with Gasteiger partial charge in [-0.3, -0.25) is 4.79 Å². The third-order valence-electron chi connectivity index (χ3n) is 5.18. The number of ether oxygens (including phenoxy) is 1. The zero-order chi connectivity index (χ0) is 21.0. The average molecular weight is 405 g/mol. The van der Waals surface area contributed by atoms with Gasteiger partial charge < -0.3 is 24.6 Å². The molecule has 0 saturated carbocycles. The summed E-state index contributed by atoms with van der Waals surface area (Å²) in [6.45, 7) is 1.24. The van der Waals surface area contributed by atoms with Crippen LogP contribution in [0.4, 0.5) is 10.2 Å². The summed E-state index contributed by atoms with van der Waals surface area (Å²) in [5.41, 5.74) is 0.304. The number of aromatic nitrogens is 1. The van der Waals surface area contributed by atoms with Crippen molar-refractivity contribution >= 4 is 17.7 Å². The van der Waals surface area contributed by atoms with Crippen LogP contribution < -0.4 is 15.0 Å². The molecule has 1 fully saturated rings. The van der Waals surface area contributed by atoms with Gasteiger partial charge in [0.25, 0.3) is 0 Å². The summed E-state index contributed by atoms with van der Waals surface area (Å²) in [4.78, 5) is 25.4. The fourth-order valence-corrected chi connectivity index (χ4v) is 3.64. The summed E-state index contributed by atoms with van der Waals surface area (Å²) in [5.74, 6) is -1.19. The molecule has 2 aromatic rings. The zero-order valence-electron chi connectivity index (χ0n) is 16.4. The highest BCUT2D eigenvalue weighted by Crippen LogP contribution is 2.35. The van der Waals surface area contributed by atoms with Gasteiger partial charge in [0.2, 0.25) is 5.91 Å². The number of carbonyl (C=O) groups excluding carboxylic acids is 1. The number of piperidine rings is 1. The fourth-order valence-electron chi connectivity index (χ4n) is 3.64. The second kappa shape index (κ2) is 8.93. The predicted molar refractivity (Wildman–Crippen MR) is 104 cm³/mol. The van der Waals surface area contributed by atoms with E-state index in [1.165, 1.54) is 25.3 Å². The van der Waals surface area contributed by atoms with E-state index in [1.54, 1.807) is 7.05 Å². The highest BCUT2D eigenvalue weighted by molar-refractivity contribution is 5.99. The Kier molecular flexibility index (Phi) is 6.36. The van der Waals surface area contributed by atoms with Crippen molar-refractivity contribution in [2.24, 2.45) is 5.92 Å². The number of carboxylic acid groups (broad SMARTS) is 1. The molecule has 0 bridgehead atoms. The molecule has 1 atom stereocenters. The van der Waals surface area contributed by atoms with Crippen molar-refractivity contribution in [3.8, 4) is 17.1 Å². The van der Waals surface area contributed by atoms with Crippen LogP contribution in [0.2, 0.25) is 0 Å². The van der Waals surface area contributed by atoms with Crippen LogP contribution >= 0.6 is 0 Å². The molecule has 9 heteroatoms. The van der Waals surface area contributed by atoms with Crippen LogP contribution in [-0.2, 0) is 4.79 Å². The number of benzene rings is 1. The number of nitrogens with one attached hydrogen (secondary N) is 1. The standard InChI is InChI=1S/C20H24FN3O5/c1-22-16(25)8-5-12-4-3-9-24(11-12)19-17(20(26)27)18(29-23-19)13-6-7-14(21)15(10-13)28-2/h6-7,10,12H,3-5,8-9,11H2,1-2H3,(H,22,25)(H,26,27). The number of hydrogen-bond acceptors (Lipinski definition) is 6. The minimum absolute atomic E-state index is 0.0102. The Balaban J connectivity index is 1.87. The first-order valence-corrected chi connectivity index (χ1v) is 9.47. The van der Waals surface area contributed by atoms with E-state index >= 15 is 0 Å². The number of carbonyl (C=O) groups is 2. The van der Waals surface area contributed by atoms with Gasteiger partial charge in [0.05, 0.1) is 7.11 Å². The van der Waals surface area contributed by atoms with E-state index in [-0.39, 0.29) is 34.7 Å². The maximum Gasteiger partial charge on any atom is 0.343 e. The number of rotatable bonds is 7. The summed E-state index contributed by atoms with van der Waals surface area (Å²) in [6, 6.07) is 4.00. The molecule has 8 nitrogen and oxygen atoms in total. The first-order valence-electron chi connectivity index (χ1n) is 9.47. The number of anilines is 1. The molecular formula is C20H24FN3O5. The van der Waals surface area contributed by atoms with Crippen molar-refractivity contribution < 1.29 is 28.3 Å². The van der Waals surface area contributed by atoms with Gasteiger partial charge in [0, 0.05) is 32.1 Å². The molecule has 0 aliphatic carbocycles. The lowest BCUT2D eigenvalue weighted by Gasteiger charge is -2.32. The molecule has 3 rings (SSSR count). The van der Waals surface area contributed by atoms with Crippen LogP contribution in [0.1, 0.15) is 36.0 Å². The van der Waals surface area contributed by atoms with E-state index < -0.39 is 11.8 Å². The van der Waals surface area contributed by atoms with Crippen molar-refractivity contribution in [3.05, 3.63) is 29.6 Å². The number of amides is 1. The first kappa shape index (κ1) is 20.6. The predicted octanol–water partition coefficient (Wildman–Crippen LogP) is 2.93. The van der Waals surface area contributed by atoms with Crippen LogP contribution in [0.15, 0.2) is 22.7 Å². The average Bonchev–Trinajstić information content (AvgIpc) is 3.18. The van der Waals surface area contributed by atoms with Crippen molar-refractivity contribution in [1.82, 2.24) is 10.5 Å². The third-order valence-corrected chi connectivity index (χ3v) is 5.18. The van der Waals surface area contributed by atoms with E-state index in [9.17, 15) is 19.1 Å². The van der Waals surface area contributed by atoms with Crippen molar-refractivity contribution in [1.29, 1.82) is 0 Å². The smallest absolute Gasteiger partial charge is 0.343 e. The highest BCUT2D eigenvalue weighted by atomic mass is 19.1. The van der Waals surface area contributed by atoms with Crippen LogP contribution in [0.25, 0.3) is 11.3 Å². The van der Waals surface area contributed by atoms with Crippen LogP contribution in [0.3, 0.4) is 0 Å². The number of methoxy groups -OCH3 is 1. The number of halogens is 1. The van der Waals surface area contributed by atoms with Gasteiger partial charge in [-0.2, -0.15) is 0 Å². The first-order chi connectivity index (χ1) is 13.9. The Morgan fingerprint density at radius 1 is 1.45 bits per heavy atom. The van der Waals surface area contributed by atoms with E-state index in [1.807, 2.05) is 4.90 Å². The van der Waals surface area contributed by atoms with Gasteiger partial charge in [0.1, 0.15) is 0 Å². The van der Waals surface area contributed by atoms with Crippen LogP contribution in [0, 0.1) is 11.7 Å². The van der Waals surface area contributed by atoms with Gasteiger partial charge in [-0.1, -0.05) is 5.16 Å². The van der Waals surface area contributed by atoms with Crippen molar-refractivity contribution in [2.75, 3.05) is 32.1 Å². The number of aromatic carboxylic acids is 1. The molecule has 1 amide bonds. The molecule has 1 unspecified atom stereocenters. The second-order valence-electron chi connectivity index (χ2n) is 7.03. The topological polar surface area (TPSA) is 105 Å². The summed E-state index contributed by atoms with van der Waals surface area (Å²) in [5, 5.41) is 16.4.